The molecule has 1 atom stereocenters. The van der Waals surface area contributed by atoms with Gasteiger partial charge < -0.3 is 9.47 Å². The number of likely N-dealkylation sites (tertiary alicyclic amines) is 1. The maximum absolute atomic E-state index is 12.0. The van der Waals surface area contributed by atoms with Gasteiger partial charge in [-0.25, -0.2) is 4.79 Å². The number of nitrogens with zero attached hydrogens (tertiary/aromatic N) is 1. The second kappa shape index (κ2) is 5.08. The number of para-hydroxylation sites is 1. The number of ether oxygens (including phenoxy) is 2. The highest BCUT2D eigenvalue weighted by Crippen LogP contribution is 2.34. The molecule has 1 heterocycles. The number of Topliss-reactive ketones (excluding diaryl/α,β-unsaturated/α-hetero) is 1. The first kappa shape index (κ1) is 12.4. The smallest absolute Gasteiger partial charge is 0.410 e. The van der Waals surface area contributed by atoms with E-state index in [0.717, 1.165) is 0 Å². The number of hydrogen-bond donors (Lipinski definition) is 0. The molecule has 1 amide bonds. The summed E-state index contributed by atoms with van der Waals surface area (Å²) in [5, 5.41) is 0. The largest absolute Gasteiger partial charge is 0.496 e. The Morgan fingerprint density at radius 1 is 1.33 bits per heavy atom. The van der Waals surface area contributed by atoms with Crippen molar-refractivity contribution < 1.29 is 19.1 Å². The number of amides is 1. The summed E-state index contributed by atoms with van der Waals surface area (Å²) in [5.41, 5.74) is 0.702. The fourth-order valence-corrected chi connectivity index (χ4v) is 2.22. The van der Waals surface area contributed by atoms with E-state index in [1.807, 2.05) is 12.1 Å². The van der Waals surface area contributed by atoms with Crippen LogP contribution in [0.4, 0.5) is 4.79 Å². The van der Waals surface area contributed by atoms with Gasteiger partial charge in [-0.2, -0.15) is 0 Å². The van der Waals surface area contributed by atoms with Gasteiger partial charge in [0, 0.05) is 18.5 Å². The molecule has 96 valence electrons. The molecule has 0 N–H and O–H groups in total. The number of benzene rings is 1. The summed E-state index contributed by atoms with van der Waals surface area (Å²) in [5.74, 6) is 0.608. The molecule has 0 aliphatic carbocycles. The standard InChI is InChI=1S/C13H15NO4/c1-17-11-6-4-3-5-9(11)12-10(15)7-8-14(12)13(16)18-2/h3-6,12H,7-8H2,1-2H3. The van der Waals surface area contributed by atoms with Crippen molar-refractivity contribution in [1.82, 2.24) is 4.90 Å². The van der Waals surface area contributed by atoms with Crippen LogP contribution in [0.1, 0.15) is 18.0 Å². The second-order valence-electron chi connectivity index (χ2n) is 4.02. The number of carbonyl (C=O) groups is 2. The average molecular weight is 249 g/mol. The van der Waals surface area contributed by atoms with E-state index in [4.69, 9.17) is 9.47 Å². The summed E-state index contributed by atoms with van der Waals surface area (Å²) < 4.78 is 9.94. The van der Waals surface area contributed by atoms with Gasteiger partial charge in [0.05, 0.1) is 14.2 Å². The predicted octanol–water partition coefficient (Wildman–Crippen LogP) is 1.78. The van der Waals surface area contributed by atoms with Crippen molar-refractivity contribution in [1.29, 1.82) is 0 Å². The highest BCUT2D eigenvalue weighted by Gasteiger charge is 2.38. The van der Waals surface area contributed by atoms with Gasteiger partial charge in [-0.15, -0.1) is 0 Å². The maximum Gasteiger partial charge on any atom is 0.410 e. The zero-order valence-electron chi connectivity index (χ0n) is 10.4. The molecule has 0 spiro atoms. The third-order valence-corrected chi connectivity index (χ3v) is 3.06. The third kappa shape index (κ3) is 2.03. The zero-order chi connectivity index (χ0) is 13.1. The van der Waals surface area contributed by atoms with Crippen LogP contribution in [0.2, 0.25) is 0 Å². The van der Waals surface area contributed by atoms with Crippen LogP contribution in [0.5, 0.6) is 5.75 Å². The van der Waals surface area contributed by atoms with Crippen LogP contribution in [-0.4, -0.2) is 37.5 Å². The molecule has 5 heteroatoms. The molecule has 1 saturated heterocycles. The molecule has 1 unspecified atom stereocenters. The molecule has 1 aromatic rings. The first-order chi connectivity index (χ1) is 8.69. The number of ketones is 1. The maximum atomic E-state index is 12.0. The molecule has 1 aromatic carbocycles. The summed E-state index contributed by atoms with van der Waals surface area (Å²) >= 11 is 0. The molecule has 0 aromatic heterocycles. The summed E-state index contributed by atoms with van der Waals surface area (Å²) in [6, 6.07) is 6.61. The summed E-state index contributed by atoms with van der Waals surface area (Å²) in [7, 11) is 2.85. The molecule has 1 aliphatic heterocycles. The number of methoxy groups -OCH3 is 2. The zero-order valence-corrected chi connectivity index (χ0v) is 10.4. The lowest BCUT2D eigenvalue weighted by atomic mass is 10.0. The minimum Gasteiger partial charge on any atom is -0.496 e. The Kier molecular flexibility index (Phi) is 3.50. The van der Waals surface area contributed by atoms with Gasteiger partial charge in [-0.05, 0) is 6.07 Å². The Hall–Kier alpha value is -2.04. The van der Waals surface area contributed by atoms with Crippen molar-refractivity contribution in [3.05, 3.63) is 29.8 Å². The lowest BCUT2D eigenvalue weighted by molar-refractivity contribution is -0.119. The molecule has 18 heavy (non-hydrogen) atoms. The molecular weight excluding hydrogens is 234 g/mol. The van der Waals surface area contributed by atoms with Crippen LogP contribution in [0, 0.1) is 0 Å². The molecule has 0 saturated carbocycles. The SMILES string of the molecule is COC(=O)N1CCC(=O)C1c1ccccc1OC. The Morgan fingerprint density at radius 2 is 2.06 bits per heavy atom. The van der Waals surface area contributed by atoms with Gasteiger partial charge >= 0.3 is 6.09 Å². The highest BCUT2D eigenvalue weighted by molar-refractivity contribution is 5.92. The van der Waals surface area contributed by atoms with Gasteiger partial charge in [-0.3, -0.25) is 9.69 Å². The van der Waals surface area contributed by atoms with E-state index in [0.29, 0.717) is 24.3 Å². The topological polar surface area (TPSA) is 55.8 Å². The van der Waals surface area contributed by atoms with Crippen LogP contribution in [0.3, 0.4) is 0 Å². The highest BCUT2D eigenvalue weighted by atomic mass is 16.5. The third-order valence-electron chi connectivity index (χ3n) is 3.06. The number of carbonyl (C=O) groups excluding carboxylic acids is 2. The predicted molar refractivity (Wildman–Crippen MR) is 64.5 cm³/mol. The first-order valence-corrected chi connectivity index (χ1v) is 5.69. The molecule has 0 bridgehead atoms. The van der Waals surface area contributed by atoms with E-state index in [-0.39, 0.29) is 5.78 Å². The quantitative estimate of drug-likeness (QED) is 0.801. The average Bonchev–Trinajstić information content (AvgIpc) is 2.79. The summed E-state index contributed by atoms with van der Waals surface area (Å²) in [6.07, 6.45) is -0.144. The van der Waals surface area contributed by atoms with Crippen LogP contribution in [0.25, 0.3) is 0 Å². The van der Waals surface area contributed by atoms with Crippen molar-refractivity contribution in [2.75, 3.05) is 20.8 Å². The van der Waals surface area contributed by atoms with Crippen LogP contribution >= 0.6 is 0 Å². The van der Waals surface area contributed by atoms with Crippen molar-refractivity contribution in [3.8, 4) is 5.75 Å². The lowest BCUT2D eigenvalue weighted by Gasteiger charge is -2.23. The Morgan fingerprint density at radius 3 is 2.72 bits per heavy atom. The van der Waals surface area contributed by atoms with Crippen molar-refractivity contribution in [2.45, 2.75) is 12.5 Å². The van der Waals surface area contributed by atoms with E-state index in [9.17, 15) is 9.59 Å². The van der Waals surface area contributed by atoms with E-state index >= 15 is 0 Å². The monoisotopic (exact) mass is 249 g/mol. The molecule has 2 rings (SSSR count). The van der Waals surface area contributed by atoms with Crippen LogP contribution < -0.4 is 4.74 Å². The molecule has 1 fully saturated rings. The van der Waals surface area contributed by atoms with Crippen molar-refractivity contribution in [2.24, 2.45) is 0 Å². The minimum absolute atomic E-state index is 0.00454. The Labute approximate surface area is 105 Å². The van der Waals surface area contributed by atoms with Crippen LogP contribution in [0.15, 0.2) is 24.3 Å². The van der Waals surface area contributed by atoms with E-state index in [1.54, 1.807) is 19.2 Å². The molecule has 1 aliphatic rings. The minimum atomic E-state index is -0.603. The van der Waals surface area contributed by atoms with Gasteiger partial charge in [0.25, 0.3) is 0 Å². The van der Waals surface area contributed by atoms with Gasteiger partial charge in [0.1, 0.15) is 11.8 Å². The Bertz CT molecular complexity index is 472. The number of rotatable bonds is 2. The normalized spacial score (nSPS) is 18.9. The van der Waals surface area contributed by atoms with Gasteiger partial charge in [-0.1, -0.05) is 18.2 Å². The van der Waals surface area contributed by atoms with Crippen molar-refractivity contribution in [3.63, 3.8) is 0 Å². The molecular formula is C13H15NO4. The van der Waals surface area contributed by atoms with E-state index in [1.165, 1.54) is 12.0 Å². The molecule has 0 radical (unpaired) electrons. The number of hydrogen-bond acceptors (Lipinski definition) is 4. The molecule has 5 nitrogen and oxygen atoms in total. The van der Waals surface area contributed by atoms with E-state index in [2.05, 4.69) is 0 Å². The summed E-state index contributed by atoms with van der Waals surface area (Å²) in [6.45, 7) is 0.383. The summed E-state index contributed by atoms with van der Waals surface area (Å²) in [4.78, 5) is 25.1. The van der Waals surface area contributed by atoms with E-state index < -0.39 is 12.1 Å². The fourth-order valence-electron chi connectivity index (χ4n) is 2.22. The lowest BCUT2D eigenvalue weighted by Crippen LogP contribution is -2.32. The Balaban J connectivity index is 2.39. The van der Waals surface area contributed by atoms with Gasteiger partial charge in [0.15, 0.2) is 5.78 Å². The second-order valence-corrected chi connectivity index (χ2v) is 4.02. The first-order valence-electron chi connectivity index (χ1n) is 5.69. The fraction of sp³-hybridized carbons (Fsp3) is 0.385. The van der Waals surface area contributed by atoms with Crippen LogP contribution in [-0.2, 0) is 9.53 Å². The van der Waals surface area contributed by atoms with Crippen molar-refractivity contribution >= 4 is 11.9 Å². The van der Waals surface area contributed by atoms with Gasteiger partial charge in [0.2, 0.25) is 0 Å².